The van der Waals surface area contributed by atoms with Gasteiger partial charge in [0, 0.05) is 13.1 Å². The molecule has 2 aliphatic heterocycles. The lowest BCUT2D eigenvalue weighted by atomic mass is 10.3. The van der Waals surface area contributed by atoms with Gasteiger partial charge in [0.2, 0.25) is 0 Å². The molecular weight excluding hydrogens is 152 g/mol. The van der Waals surface area contributed by atoms with E-state index in [4.69, 9.17) is 0 Å². The Morgan fingerprint density at radius 2 is 1.08 bits per heavy atom. The Bertz CT molecular complexity index is 177. The molecule has 2 aliphatic rings. The maximum Gasteiger partial charge on any atom is 0.0918 e. The van der Waals surface area contributed by atoms with E-state index in [9.17, 15) is 0 Å². The minimum atomic E-state index is 0.236. The second kappa shape index (κ2) is 2.20. The van der Waals surface area contributed by atoms with E-state index >= 15 is 0 Å². The zero-order valence-corrected chi connectivity index (χ0v) is 8.31. The largest absolute Gasteiger partial charge is 0.233 e. The van der Waals surface area contributed by atoms with E-state index in [1.165, 1.54) is 0 Å². The average Bonchev–Trinajstić information content (AvgIpc) is 2.68. The smallest absolute Gasteiger partial charge is 0.0918 e. The van der Waals surface area contributed by atoms with E-state index in [1.807, 2.05) is 0 Å². The van der Waals surface area contributed by atoms with Gasteiger partial charge in [-0.1, -0.05) is 0 Å². The molecule has 70 valence electrons. The van der Waals surface area contributed by atoms with Crippen molar-refractivity contribution in [2.24, 2.45) is 0 Å². The molecule has 12 heavy (non-hydrogen) atoms. The molecule has 0 radical (unpaired) electrons. The Labute approximate surface area is 73.8 Å². The van der Waals surface area contributed by atoms with Gasteiger partial charge in [0.15, 0.2) is 0 Å². The molecule has 2 atom stereocenters. The van der Waals surface area contributed by atoms with Crippen LogP contribution in [0.1, 0.15) is 27.7 Å². The quantitative estimate of drug-likeness (QED) is 0.590. The van der Waals surface area contributed by atoms with Crippen molar-refractivity contribution in [3.63, 3.8) is 0 Å². The highest BCUT2D eigenvalue weighted by Gasteiger charge is 2.46. The van der Waals surface area contributed by atoms with Crippen molar-refractivity contribution >= 4 is 0 Å². The molecule has 0 aliphatic carbocycles. The van der Waals surface area contributed by atoms with Gasteiger partial charge in [0.25, 0.3) is 0 Å². The maximum absolute atomic E-state index is 3.30. The van der Waals surface area contributed by atoms with Crippen molar-refractivity contribution in [2.75, 3.05) is 13.1 Å². The number of nitrogens with one attached hydrogen (secondary N) is 2. The molecule has 0 bridgehead atoms. The van der Waals surface area contributed by atoms with E-state index < -0.39 is 0 Å². The summed E-state index contributed by atoms with van der Waals surface area (Å²) in [5.41, 5.74) is 7.07. The fraction of sp³-hybridized carbons (Fsp3) is 1.00. The van der Waals surface area contributed by atoms with Crippen LogP contribution < -0.4 is 10.9 Å². The van der Waals surface area contributed by atoms with E-state index in [0.29, 0.717) is 0 Å². The number of hydrogen-bond acceptors (Lipinski definition) is 4. The molecule has 2 fully saturated rings. The minimum Gasteiger partial charge on any atom is -0.233 e. The Morgan fingerprint density at radius 3 is 1.25 bits per heavy atom. The Morgan fingerprint density at radius 1 is 0.833 bits per heavy atom. The third kappa shape index (κ3) is 1.47. The Hall–Kier alpha value is -0.160. The molecule has 0 amide bonds. The number of rotatable bonds is 3. The second-order valence-electron chi connectivity index (χ2n) is 4.64. The molecule has 4 nitrogen and oxygen atoms in total. The molecule has 0 unspecified atom stereocenters. The number of hydrogen-bond donors (Lipinski definition) is 2. The first-order chi connectivity index (χ1) is 5.42. The summed E-state index contributed by atoms with van der Waals surface area (Å²) in [5, 5.41) is 4.51. The minimum absolute atomic E-state index is 0.236. The van der Waals surface area contributed by atoms with E-state index in [1.54, 1.807) is 0 Å². The first-order valence-electron chi connectivity index (χ1n) is 4.53. The lowest BCUT2D eigenvalue weighted by Crippen LogP contribution is -2.21. The van der Waals surface area contributed by atoms with Crippen molar-refractivity contribution in [3.8, 4) is 0 Å². The van der Waals surface area contributed by atoms with E-state index in [-0.39, 0.29) is 11.3 Å². The van der Waals surface area contributed by atoms with Crippen molar-refractivity contribution in [1.29, 1.82) is 0 Å². The molecule has 2 heterocycles. The van der Waals surface area contributed by atoms with Crippen molar-refractivity contribution in [1.82, 2.24) is 20.9 Å². The van der Waals surface area contributed by atoms with Gasteiger partial charge in [-0.3, -0.25) is 0 Å². The predicted molar refractivity (Wildman–Crippen MR) is 47.8 cm³/mol. The zero-order chi connectivity index (χ0) is 8.98. The molecule has 0 aromatic heterocycles. The van der Waals surface area contributed by atoms with Gasteiger partial charge in [0.1, 0.15) is 0 Å². The van der Waals surface area contributed by atoms with Crippen molar-refractivity contribution in [2.45, 2.75) is 39.0 Å². The maximum atomic E-state index is 3.30. The van der Waals surface area contributed by atoms with E-state index in [2.05, 4.69) is 48.6 Å². The number of nitrogens with zero attached hydrogens (tertiary/aromatic N) is 2. The first-order valence-corrected chi connectivity index (χ1v) is 4.53. The molecule has 0 aromatic rings. The van der Waals surface area contributed by atoms with Gasteiger partial charge in [-0.2, -0.15) is 0 Å². The summed E-state index contributed by atoms with van der Waals surface area (Å²) >= 11 is 0. The van der Waals surface area contributed by atoms with Crippen LogP contribution in [-0.2, 0) is 0 Å². The molecule has 2 saturated heterocycles. The summed E-state index contributed by atoms with van der Waals surface area (Å²) in [7, 11) is 0. The number of hydrazine groups is 2. The van der Waals surface area contributed by atoms with Crippen LogP contribution >= 0.6 is 0 Å². The van der Waals surface area contributed by atoms with Gasteiger partial charge >= 0.3 is 0 Å². The lowest BCUT2D eigenvalue weighted by Gasteiger charge is -2.04. The van der Waals surface area contributed by atoms with Crippen LogP contribution in [0.3, 0.4) is 0 Å². The monoisotopic (exact) mass is 170 g/mol. The van der Waals surface area contributed by atoms with Crippen molar-refractivity contribution < 1.29 is 0 Å². The van der Waals surface area contributed by atoms with Crippen LogP contribution in [0.15, 0.2) is 0 Å². The molecule has 2 rings (SSSR count). The summed E-state index contributed by atoms with van der Waals surface area (Å²) < 4.78 is 0. The van der Waals surface area contributed by atoms with Crippen LogP contribution in [0, 0.1) is 0 Å². The van der Waals surface area contributed by atoms with Crippen molar-refractivity contribution in [3.05, 3.63) is 0 Å². The molecule has 4 heteroatoms. The topological polar surface area (TPSA) is 49.9 Å². The third-order valence-electron chi connectivity index (χ3n) is 2.61. The highest BCUT2D eigenvalue weighted by molar-refractivity contribution is 4.93. The second-order valence-corrected chi connectivity index (χ2v) is 4.64. The summed E-state index contributed by atoms with van der Waals surface area (Å²) in [4.78, 5) is 0. The molecule has 0 aromatic carbocycles. The highest BCUT2D eigenvalue weighted by atomic mass is 15.8. The fourth-order valence-corrected chi connectivity index (χ4v) is 1.48. The van der Waals surface area contributed by atoms with Crippen LogP contribution in [0.2, 0.25) is 0 Å². The summed E-state index contributed by atoms with van der Waals surface area (Å²) in [6.45, 7) is 10.9. The molecule has 0 spiro atoms. The normalized spacial score (nSPS) is 41.0. The summed E-state index contributed by atoms with van der Waals surface area (Å²) in [6.07, 6.45) is 0. The lowest BCUT2D eigenvalue weighted by molar-refractivity contribution is 0.352. The van der Waals surface area contributed by atoms with Crippen LogP contribution in [0.5, 0.6) is 0 Å². The van der Waals surface area contributed by atoms with Gasteiger partial charge in [-0.15, -0.1) is 0 Å². The van der Waals surface area contributed by atoms with Gasteiger partial charge < -0.3 is 0 Å². The summed E-state index contributed by atoms with van der Waals surface area (Å²) in [6, 6.07) is 0. The SMILES string of the molecule is CC1(C)N[N@@]1CC[N@@]1NC1(C)C. The van der Waals surface area contributed by atoms with Gasteiger partial charge in [0.05, 0.1) is 11.3 Å². The van der Waals surface area contributed by atoms with Gasteiger partial charge in [-0.25, -0.2) is 20.9 Å². The highest BCUT2D eigenvalue weighted by Crippen LogP contribution is 2.26. The standard InChI is InChI=1S/C8H18N4/c1-7(2)9-11(7)5-6-12-8(3,4)10-12/h9-10H,5-6H2,1-4H3/t11-,12+. The Balaban J connectivity index is 1.66. The average molecular weight is 170 g/mol. The molecule has 2 N–H and O–H groups in total. The molecule has 0 saturated carbocycles. The van der Waals surface area contributed by atoms with Gasteiger partial charge in [-0.05, 0) is 27.7 Å². The van der Waals surface area contributed by atoms with Crippen LogP contribution in [0.4, 0.5) is 0 Å². The predicted octanol–water partition coefficient (Wildman–Crippen LogP) is 0.0990. The van der Waals surface area contributed by atoms with Crippen LogP contribution in [0.25, 0.3) is 0 Å². The Kier molecular flexibility index (Phi) is 1.55. The molecular formula is C8H18N4. The zero-order valence-electron chi connectivity index (χ0n) is 8.31. The van der Waals surface area contributed by atoms with E-state index in [0.717, 1.165) is 13.1 Å². The summed E-state index contributed by atoms with van der Waals surface area (Å²) in [5.74, 6) is 0. The third-order valence-corrected chi connectivity index (χ3v) is 2.61. The van der Waals surface area contributed by atoms with Crippen LogP contribution in [-0.4, -0.2) is 34.4 Å². The first kappa shape index (κ1) is 8.44. The fourth-order valence-electron chi connectivity index (χ4n) is 1.48.